The summed E-state index contributed by atoms with van der Waals surface area (Å²) in [6.07, 6.45) is 2.84. The SMILES string of the molecule is CSCC[C@@H]([NH3+])C(=O)Nc1ccc2ccccc2c1. The van der Waals surface area contributed by atoms with E-state index in [2.05, 4.69) is 17.1 Å². The van der Waals surface area contributed by atoms with Gasteiger partial charge in [0.15, 0.2) is 6.04 Å². The Morgan fingerprint density at radius 2 is 2.00 bits per heavy atom. The van der Waals surface area contributed by atoms with Crippen molar-refractivity contribution in [3.63, 3.8) is 0 Å². The average molecular weight is 275 g/mol. The molecule has 1 atom stereocenters. The summed E-state index contributed by atoms with van der Waals surface area (Å²) in [5.41, 5.74) is 4.74. The van der Waals surface area contributed by atoms with Crippen LogP contribution in [0.15, 0.2) is 42.5 Å². The molecular weight excluding hydrogens is 256 g/mol. The number of quaternary nitrogens is 1. The predicted octanol–water partition coefficient (Wildman–Crippen LogP) is 2.14. The number of nitrogens with one attached hydrogen (secondary N) is 1. The van der Waals surface area contributed by atoms with Crippen molar-refractivity contribution in [3.8, 4) is 0 Å². The maximum absolute atomic E-state index is 12.0. The van der Waals surface area contributed by atoms with Gasteiger partial charge in [0.2, 0.25) is 0 Å². The number of hydrogen-bond donors (Lipinski definition) is 2. The van der Waals surface area contributed by atoms with Crippen LogP contribution in [0.25, 0.3) is 10.8 Å². The van der Waals surface area contributed by atoms with E-state index in [9.17, 15) is 4.79 Å². The van der Waals surface area contributed by atoms with Crippen LogP contribution in [-0.4, -0.2) is 24.0 Å². The van der Waals surface area contributed by atoms with Crippen molar-refractivity contribution >= 4 is 34.1 Å². The molecule has 0 heterocycles. The molecule has 100 valence electrons. The van der Waals surface area contributed by atoms with Crippen molar-refractivity contribution in [2.45, 2.75) is 12.5 Å². The second-order valence-corrected chi connectivity index (χ2v) is 5.52. The fourth-order valence-corrected chi connectivity index (χ4v) is 2.42. The number of thioether (sulfide) groups is 1. The highest BCUT2D eigenvalue weighted by Crippen LogP contribution is 2.18. The molecule has 2 aromatic carbocycles. The van der Waals surface area contributed by atoms with Crippen molar-refractivity contribution in [1.82, 2.24) is 0 Å². The van der Waals surface area contributed by atoms with Crippen LogP contribution >= 0.6 is 11.8 Å². The van der Waals surface area contributed by atoms with Crippen molar-refractivity contribution in [2.75, 3.05) is 17.3 Å². The van der Waals surface area contributed by atoms with Gasteiger partial charge in [0.25, 0.3) is 5.91 Å². The summed E-state index contributed by atoms with van der Waals surface area (Å²) in [5.74, 6) is 0.948. The van der Waals surface area contributed by atoms with E-state index in [0.717, 1.165) is 23.2 Å². The molecule has 19 heavy (non-hydrogen) atoms. The summed E-state index contributed by atoms with van der Waals surface area (Å²) in [4.78, 5) is 12.0. The summed E-state index contributed by atoms with van der Waals surface area (Å²) in [5, 5.41) is 5.24. The minimum absolute atomic E-state index is 0.00988. The maximum Gasteiger partial charge on any atom is 0.282 e. The molecule has 3 nitrogen and oxygen atoms in total. The van der Waals surface area contributed by atoms with Crippen LogP contribution in [0.2, 0.25) is 0 Å². The smallest absolute Gasteiger partial charge is 0.282 e. The van der Waals surface area contributed by atoms with Crippen molar-refractivity contribution in [2.24, 2.45) is 0 Å². The first-order valence-corrected chi connectivity index (χ1v) is 7.72. The van der Waals surface area contributed by atoms with E-state index in [-0.39, 0.29) is 11.9 Å². The fraction of sp³-hybridized carbons (Fsp3) is 0.267. The zero-order valence-corrected chi connectivity index (χ0v) is 11.9. The molecule has 0 spiro atoms. The van der Waals surface area contributed by atoms with Gasteiger partial charge in [-0.25, -0.2) is 0 Å². The largest absolute Gasteiger partial charge is 0.347 e. The molecule has 0 fully saturated rings. The summed E-state index contributed by atoms with van der Waals surface area (Å²) >= 11 is 1.74. The van der Waals surface area contributed by atoms with E-state index in [4.69, 9.17) is 0 Å². The molecule has 2 rings (SSSR count). The van der Waals surface area contributed by atoms with Crippen LogP contribution in [0.3, 0.4) is 0 Å². The molecule has 0 saturated heterocycles. The zero-order valence-electron chi connectivity index (χ0n) is 11.1. The van der Waals surface area contributed by atoms with Gasteiger partial charge >= 0.3 is 0 Å². The number of anilines is 1. The van der Waals surface area contributed by atoms with Crippen LogP contribution in [0.4, 0.5) is 5.69 Å². The summed E-state index contributed by atoms with van der Waals surface area (Å²) < 4.78 is 0. The van der Waals surface area contributed by atoms with Gasteiger partial charge < -0.3 is 11.1 Å². The third-order valence-corrected chi connectivity index (χ3v) is 3.70. The lowest BCUT2D eigenvalue weighted by atomic mass is 10.1. The Hall–Kier alpha value is -1.52. The molecule has 0 radical (unpaired) electrons. The minimum atomic E-state index is -0.195. The molecular formula is C15H19N2OS+. The monoisotopic (exact) mass is 275 g/mol. The first-order valence-electron chi connectivity index (χ1n) is 6.32. The van der Waals surface area contributed by atoms with Gasteiger partial charge in [-0.15, -0.1) is 0 Å². The first kappa shape index (κ1) is 13.9. The fourth-order valence-electron chi connectivity index (χ4n) is 1.90. The number of rotatable bonds is 5. The molecule has 4 N–H and O–H groups in total. The molecule has 2 aromatic rings. The topological polar surface area (TPSA) is 56.7 Å². The number of carbonyl (C=O) groups is 1. The van der Waals surface area contributed by atoms with Gasteiger partial charge in [0.05, 0.1) is 0 Å². The van der Waals surface area contributed by atoms with Crippen molar-refractivity contribution < 1.29 is 10.5 Å². The molecule has 1 amide bonds. The third-order valence-electron chi connectivity index (χ3n) is 3.06. The van der Waals surface area contributed by atoms with Gasteiger partial charge in [-0.2, -0.15) is 11.8 Å². The van der Waals surface area contributed by atoms with Gasteiger partial charge in [-0.1, -0.05) is 30.3 Å². The lowest BCUT2D eigenvalue weighted by molar-refractivity contribution is -0.402. The Balaban J connectivity index is 2.06. The highest BCUT2D eigenvalue weighted by Gasteiger charge is 2.16. The molecule has 0 aliphatic rings. The zero-order chi connectivity index (χ0) is 13.7. The maximum atomic E-state index is 12.0. The predicted molar refractivity (Wildman–Crippen MR) is 82.3 cm³/mol. The van der Waals surface area contributed by atoms with Crippen molar-refractivity contribution in [3.05, 3.63) is 42.5 Å². The molecule has 4 heteroatoms. The van der Waals surface area contributed by atoms with Crippen molar-refractivity contribution in [1.29, 1.82) is 0 Å². The number of fused-ring (bicyclic) bond motifs is 1. The lowest BCUT2D eigenvalue weighted by Gasteiger charge is -2.09. The Bertz CT molecular complexity index is 571. The van der Waals surface area contributed by atoms with E-state index in [1.165, 1.54) is 5.39 Å². The van der Waals surface area contributed by atoms with Crippen LogP contribution < -0.4 is 11.1 Å². The highest BCUT2D eigenvalue weighted by molar-refractivity contribution is 7.98. The number of carbonyl (C=O) groups excluding carboxylic acids is 1. The van der Waals surface area contributed by atoms with E-state index in [1.54, 1.807) is 11.8 Å². The average Bonchev–Trinajstić information content (AvgIpc) is 2.44. The molecule has 0 unspecified atom stereocenters. The van der Waals surface area contributed by atoms with Crippen LogP contribution in [-0.2, 0) is 4.79 Å². The Morgan fingerprint density at radius 3 is 2.74 bits per heavy atom. The van der Waals surface area contributed by atoms with E-state index in [1.807, 2.05) is 42.7 Å². The summed E-state index contributed by atoms with van der Waals surface area (Å²) in [6, 6.07) is 13.9. The lowest BCUT2D eigenvalue weighted by Crippen LogP contribution is -2.66. The van der Waals surface area contributed by atoms with E-state index >= 15 is 0 Å². The molecule has 0 aliphatic heterocycles. The summed E-state index contributed by atoms with van der Waals surface area (Å²) in [6.45, 7) is 0. The second-order valence-electron chi connectivity index (χ2n) is 4.53. The number of benzene rings is 2. The van der Waals surface area contributed by atoms with Gasteiger partial charge in [-0.3, -0.25) is 4.79 Å². The molecule has 0 saturated carbocycles. The quantitative estimate of drug-likeness (QED) is 0.878. The van der Waals surface area contributed by atoms with Gasteiger partial charge in [-0.05, 0) is 34.9 Å². The Labute approximate surface area is 117 Å². The number of hydrogen-bond acceptors (Lipinski definition) is 2. The molecule has 0 aliphatic carbocycles. The van der Waals surface area contributed by atoms with E-state index in [0.29, 0.717) is 0 Å². The Kier molecular flexibility index (Phi) is 4.82. The molecule has 0 aromatic heterocycles. The van der Waals surface area contributed by atoms with Crippen LogP contribution in [0, 0.1) is 0 Å². The number of amides is 1. The third kappa shape index (κ3) is 3.72. The van der Waals surface area contributed by atoms with Crippen LogP contribution in [0.1, 0.15) is 6.42 Å². The normalized spacial score (nSPS) is 12.3. The first-order chi connectivity index (χ1) is 9.20. The highest BCUT2D eigenvalue weighted by atomic mass is 32.2. The Morgan fingerprint density at radius 1 is 1.26 bits per heavy atom. The van der Waals surface area contributed by atoms with Gasteiger partial charge in [0.1, 0.15) is 0 Å². The van der Waals surface area contributed by atoms with E-state index < -0.39 is 0 Å². The minimum Gasteiger partial charge on any atom is -0.347 e. The second kappa shape index (κ2) is 6.59. The summed E-state index contributed by atoms with van der Waals surface area (Å²) in [7, 11) is 0. The van der Waals surface area contributed by atoms with Crippen LogP contribution in [0.5, 0.6) is 0 Å². The standard InChI is InChI=1S/C15H18N2OS/c1-19-9-8-14(16)15(18)17-13-7-6-11-4-2-3-5-12(11)10-13/h2-7,10,14H,8-9,16H2,1H3,(H,17,18)/p+1/t14-/m1/s1. The molecule has 0 bridgehead atoms. The van der Waals surface area contributed by atoms with Gasteiger partial charge in [0, 0.05) is 12.1 Å².